The number of nitrogens with zero attached hydrogens (tertiary/aromatic N) is 3. The predicted molar refractivity (Wildman–Crippen MR) is 128 cm³/mol. The SMILES string of the molecule is COc1cccc(CN2CCC[C@@H]2CN2Cc3ccccc3OC[C@@H]2CN(C)C)c1OC. The van der Waals surface area contributed by atoms with Crippen LogP contribution < -0.4 is 14.2 Å². The van der Waals surface area contributed by atoms with Crippen LogP contribution in [-0.2, 0) is 13.1 Å². The molecule has 1 saturated heterocycles. The topological polar surface area (TPSA) is 37.4 Å². The molecular formula is C26H37N3O3. The van der Waals surface area contributed by atoms with Crippen molar-refractivity contribution in [2.75, 3.05) is 54.6 Å². The quantitative estimate of drug-likeness (QED) is 0.627. The minimum atomic E-state index is 0.367. The van der Waals surface area contributed by atoms with Gasteiger partial charge in [0.25, 0.3) is 0 Å². The second-order valence-electron chi connectivity index (χ2n) is 9.18. The van der Waals surface area contributed by atoms with E-state index in [0.29, 0.717) is 12.1 Å². The Balaban J connectivity index is 1.52. The lowest BCUT2D eigenvalue weighted by Crippen LogP contribution is -2.49. The summed E-state index contributed by atoms with van der Waals surface area (Å²) >= 11 is 0. The molecule has 2 aliphatic rings. The van der Waals surface area contributed by atoms with Gasteiger partial charge in [-0.25, -0.2) is 0 Å². The molecule has 1 fully saturated rings. The highest BCUT2D eigenvalue weighted by atomic mass is 16.5. The van der Waals surface area contributed by atoms with E-state index in [1.807, 2.05) is 6.07 Å². The van der Waals surface area contributed by atoms with Crippen LogP contribution in [0.5, 0.6) is 17.2 Å². The maximum Gasteiger partial charge on any atom is 0.165 e. The largest absolute Gasteiger partial charge is 0.493 e. The lowest BCUT2D eigenvalue weighted by Gasteiger charge is -2.35. The van der Waals surface area contributed by atoms with E-state index in [4.69, 9.17) is 14.2 Å². The number of methoxy groups -OCH3 is 2. The average molecular weight is 440 g/mol. The van der Waals surface area contributed by atoms with Crippen LogP contribution in [0, 0.1) is 0 Å². The van der Waals surface area contributed by atoms with E-state index in [2.05, 4.69) is 65.2 Å². The first-order valence-corrected chi connectivity index (χ1v) is 11.6. The molecule has 32 heavy (non-hydrogen) atoms. The van der Waals surface area contributed by atoms with Gasteiger partial charge in [0.1, 0.15) is 12.4 Å². The zero-order chi connectivity index (χ0) is 22.5. The van der Waals surface area contributed by atoms with Gasteiger partial charge in [-0.2, -0.15) is 0 Å². The zero-order valence-corrected chi connectivity index (χ0v) is 19.9. The van der Waals surface area contributed by atoms with Crippen LogP contribution >= 0.6 is 0 Å². The first kappa shape index (κ1) is 22.9. The molecule has 4 rings (SSSR count). The molecule has 2 aliphatic heterocycles. The van der Waals surface area contributed by atoms with Crippen molar-refractivity contribution in [3.63, 3.8) is 0 Å². The number of fused-ring (bicyclic) bond motifs is 1. The average Bonchev–Trinajstić information content (AvgIpc) is 3.15. The van der Waals surface area contributed by atoms with Gasteiger partial charge < -0.3 is 19.1 Å². The second-order valence-corrected chi connectivity index (χ2v) is 9.18. The van der Waals surface area contributed by atoms with Crippen molar-refractivity contribution >= 4 is 0 Å². The Bertz CT molecular complexity index is 888. The van der Waals surface area contributed by atoms with Gasteiger partial charge >= 0.3 is 0 Å². The number of hydrogen-bond acceptors (Lipinski definition) is 6. The molecule has 0 saturated carbocycles. The summed E-state index contributed by atoms with van der Waals surface area (Å²) in [5, 5.41) is 0. The highest BCUT2D eigenvalue weighted by Crippen LogP contribution is 2.34. The van der Waals surface area contributed by atoms with Crippen LogP contribution in [0.25, 0.3) is 0 Å². The Morgan fingerprint density at radius 2 is 1.84 bits per heavy atom. The summed E-state index contributed by atoms with van der Waals surface area (Å²) in [5.41, 5.74) is 2.47. The fourth-order valence-electron chi connectivity index (χ4n) is 5.10. The summed E-state index contributed by atoms with van der Waals surface area (Å²) in [7, 11) is 7.72. The first-order chi connectivity index (χ1) is 15.6. The predicted octanol–water partition coefficient (Wildman–Crippen LogP) is 3.49. The summed E-state index contributed by atoms with van der Waals surface area (Å²) in [6.07, 6.45) is 2.45. The molecule has 6 nitrogen and oxygen atoms in total. The van der Waals surface area contributed by atoms with Gasteiger partial charge in [0.05, 0.1) is 20.3 Å². The van der Waals surface area contributed by atoms with Gasteiger partial charge in [0, 0.05) is 43.3 Å². The molecule has 2 heterocycles. The molecule has 6 heteroatoms. The molecule has 0 bridgehead atoms. The van der Waals surface area contributed by atoms with Gasteiger partial charge in [0.2, 0.25) is 0 Å². The van der Waals surface area contributed by atoms with Crippen LogP contribution in [0.3, 0.4) is 0 Å². The summed E-state index contributed by atoms with van der Waals surface area (Å²) < 4.78 is 17.4. The van der Waals surface area contributed by atoms with E-state index in [1.165, 1.54) is 24.0 Å². The summed E-state index contributed by atoms with van der Waals surface area (Å²) in [6, 6.07) is 15.5. The molecule has 2 atom stereocenters. The molecular weight excluding hydrogens is 402 g/mol. The van der Waals surface area contributed by atoms with Gasteiger partial charge in [-0.05, 0) is 45.6 Å². The molecule has 2 aromatic carbocycles. The summed E-state index contributed by atoms with van der Waals surface area (Å²) in [4.78, 5) is 7.52. The molecule has 0 radical (unpaired) electrons. The zero-order valence-electron chi connectivity index (χ0n) is 19.9. The Morgan fingerprint density at radius 3 is 2.62 bits per heavy atom. The third-order valence-corrected chi connectivity index (χ3v) is 6.67. The van der Waals surface area contributed by atoms with Crippen LogP contribution in [0.1, 0.15) is 24.0 Å². The molecule has 0 aromatic heterocycles. The number of benzene rings is 2. The number of para-hydroxylation sites is 2. The smallest absolute Gasteiger partial charge is 0.165 e. The maximum atomic E-state index is 6.22. The van der Waals surface area contributed by atoms with Crippen molar-refractivity contribution in [3.8, 4) is 17.2 Å². The standard InChI is InChI=1S/C26H37N3O3/c1-27(2)17-23-19-32-24-12-6-5-9-20(24)15-29(23)18-22-11-8-14-28(22)16-21-10-7-13-25(30-3)26(21)31-4/h5-7,9-10,12-13,22-23H,8,11,14-19H2,1-4H3/t22-,23+/m1/s1. The third-order valence-electron chi connectivity index (χ3n) is 6.67. The van der Waals surface area contributed by atoms with E-state index in [1.54, 1.807) is 14.2 Å². The minimum absolute atomic E-state index is 0.367. The van der Waals surface area contributed by atoms with E-state index in [0.717, 1.165) is 56.6 Å². The van der Waals surface area contributed by atoms with Crippen molar-refractivity contribution in [3.05, 3.63) is 53.6 Å². The van der Waals surface area contributed by atoms with Gasteiger partial charge in [0.15, 0.2) is 11.5 Å². The normalized spacial score (nSPS) is 21.8. The molecule has 0 spiro atoms. The van der Waals surface area contributed by atoms with E-state index in [9.17, 15) is 0 Å². The molecule has 0 unspecified atom stereocenters. The van der Waals surface area contributed by atoms with Crippen LogP contribution in [0.2, 0.25) is 0 Å². The highest BCUT2D eigenvalue weighted by Gasteiger charge is 2.32. The van der Waals surface area contributed by atoms with Crippen LogP contribution in [0.4, 0.5) is 0 Å². The second kappa shape index (κ2) is 10.6. The van der Waals surface area contributed by atoms with Crippen molar-refractivity contribution in [1.29, 1.82) is 0 Å². The maximum absolute atomic E-state index is 6.22. The van der Waals surface area contributed by atoms with Crippen LogP contribution in [0.15, 0.2) is 42.5 Å². The Labute approximate surface area is 192 Å². The summed E-state index contributed by atoms with van der Waals surface area (Å²) in [5.74, 6) is 2.68. The van der Waals surface area contributed by atoms with Crippen LogP contribution in [-0.4, -0.2) is 81.3 Å². The van der Waals surface area contributed by atoms with Crippen molar-refractivity contribution in [1.82, 2.24) is 14.7 Å². The number of ether oxygens (including phenoxy) is 3. The molecule has 0 aliphatic carbocycles. The summed E-state index contributed by atoms with van der Waals surface area (Å²) in [6.45, 7) is 5.69. The third kappa shape index (κ3) is 5.20. The lowest BCUT2D eigenvalue weighted by atomic mass is 10.1. The van der Waals surface area contributed by atoms with E-state index < -0.39 is 0 Å². The lowest BCUT2D eigenvalue weighted by molar-refractivity contribution is 0.0873. The Hall–Kier alpha value is -2.28. The van der Waals surface area contributed by atoms with E-state index in [-0.39, 0.29) is 0 Å². The molecule has 2 aromatic rings. The van der Waals surface area contributed by atoms with Crippen molar-refractivity contribution < 1.29 is 14.2 Å². The fourth-order valence-corrected chi connectivity index (χ4v) is 5.10. The first-order valence-electron chi connectivity index (χ1n) is 11.6. The Morgan fingerprint density at radius 1 is 1.00 bits per heavy atom. The van der Waals surface area contributed by atoms with Gasteiger partial charge in [-0.1, -0.05) is 30.3 Å². The number of hydrogen-bond donors (Lipinski definition) is 0. The minimum Gasteiger partial charge on any atom is -0.493 e. The number of likely N-dealkylation sites (tertiary alicyclic amines) is 1. The van der Waals surface area contributed by atoms with E-state index >= 15 is 0 Å². The highest BCUT2D eigenvalue weighted by molar-refractivity contribution is 5.46. The molecule has 0 N–H and O–H groups in total. The fraction of sp³-hybridized carbons (Fsp3) is 0.538. The van der Waals surface area contributed by atoms with Gasteiger partial charge in [-0.3, -0.25) is 9.80 Å². The van der Waals surface area contributed by atoms with Gasteiger partial charge in [-0.15, -0.1) is 0 Å². The van der Waals surface area contributed by atoms with Crippen molar-refractivity contribution in [2.45, 2.75) is 38.0 Å². The number of rotatable bonds is 8. The monoisotopic (exact) mass is 439 g/mol. The molecule has 174 valence electrons. The molecule has 0 amide bonds. The Kier molecular flexibility index (Phi) is 7.55. The number of likely N-dealkylation sites (N-methyl/N-ethyl adjacent to an activating group) is 1. The van der Waals surface area contributed by atoms with Crippen molar-refractivity contribution in [2.24, 2.45) is 0 Å².